The summed E-state index contributed by atoms with van der Waals surface area (Å²) in [4.78, 5) is 16.7. The van der Waals surface area contributed by atoms with E-state index in [0.29, 0.717) is 6.54 Å². The summed E-state index contributed by atoms with van der Waals surface area (Å²) in [7, 11) is 1.64. The molecule has 0 saturated carbocycles. The van der Waals surface area contributed by atoms with Crippen molar-refractivity contribution in [2.24, 2.45) is 0 Å². The van der Waals surface area contributed by atoms with Crippen molar-refractivity contribution in [3.05, 3.63) is 42.5 Å². The number of thioether (sulfide) groups is 1. The van der Waals surface area contributed by atoms with Gasteiger partial charge in [-0.05, 0) is 30.0 Å². The van der Waals surface area contributed by atoms with Crippen LogP contribution < -0.4 is 15.0 Å². The number of amides is 2. The summed E-state index contributed by atoms with van der Waals surface area (Å²) in [5.41, 5.74) is 1.77. The van der Waals surface area contributed by atoms with Crippen LogP contribution in [0.3, 0.4) is 0 Å². The van der Waals surface area contributed by atoms with Gasteiger partial charge in [-0.1, -0.05) is 30.8 Å². The molecule has 2 aromatic carbocycles. The average Bonchev–Trinajstić information content (AvgIpc) is 2.62. The van der Waals surface area contributed by atoms with E-state index in [-0.39, 0.29) is 6.03 Å². The Balaban J connectivity index is 1.93. The molecule has 1 N–H and O–H groups in total. The van der Waals surface area contributed by atoms with E-state index in [1.165, 1.54) is 0 Å². The van der Waals surface area contributed by atoms with Gasteiger partial charge in [-0.2, -0.15) is 11.8 Å². The van der Waals surface area contributed by atoms with Crippen LogP contribution in [0, 0.1) is 0 Å². The van der Waals surface area contributed by atoms with Crippen LogP contribution in [0.2, 0.25) is 0 Å². The second kappa shape index (κ2) is 7.85. The molecule has 24 heavy (non-hydrogen) atoms. The van der Waals surface area contributed by atoms with Crippen molar-refractivity contribution < 1.29 is 9.53 Å². The predicted molar refractivity (Wildman–Crippen MR) is 102 cm³/mol. The zero-order chi connectivity index (χ0) is 16.9. The minimum absolute atomic E-state index is 0.103. The minimum atomic E-state index is -0.103. The topological polar surface area (TPSA) is 41.6 Å². The molecule has 4 nitrogen and oxygen atoms in total. The van der Waals surface area contributed by atoms with Gasteiger partial charge in [0.05, 0.1) is 18.5 Å². The number of anilines is 2. The molecule has 126 valence electrons. The van der Waals surface area contributed by atoms with Gasteiger partial charge in [0.2, 0.25) is 0 Å². The van der Waals surface area contributed by atoms with Crippen LogP contribution in [-0.2, 0) is 0 Å². The largest absolute Gasteiger partial charge is 0.497 e. The fourth-order valence-corrected chi connectivity index (χ4v) is 4.11. The molecule has 0 atom stereocenters. The Morgan fingerprint density at radius 1 is 1.21 bits per heavy atom. The fourth-order valence-electron chi connectivity index (χ4n) is 2.53. The van der Waals surface area contributed by atoms with Crippen LogP contribution in [0.1, 0.15) is 6.92 Å². The van der Waals surface area contributed by atoms with Crippen LogP contribution >= 0.6 is 23.5 Å². The number of carbonyl (C=O) groups excluding carboxylic acids is 1. The van der Waals surface area contributed by atoms with Gasteiger partial charge in [-0.25, -0.2) is 4.79 Å². The first-order valence-electron chi connectivity index (χ1n) is 7.85. The fraction of sp³-hybridized carbons (Fsp3) is 0.278. The van der Waals surface area contributed by atoms with Gasteiger partial charge >= 0.3 is 6.03 Å². The lowest BCUT2D eigenvalue weighted by molar-refractivity contribution is 0.249. The van der Waals surface area contributed by atoms with Crippen LogP contribution in [0.25, 0.3) is 0 Å². The van der Waals surface area contributed by atoms with E-state index in [2.05, 4.69) is 12.2 Å². The first-order chi connectivity index (χ1) is 11.7. The lowest BCUT2D eigenvalue weighted by atomic mass is 10.2. The standard InChI is InChI=1S/C18H20N2O2S2/c1-3-23-11-10-19-18(21)20-14-6-4-5-7-16(14)24-17-9-8-13(22-2)12-15(17)20/h4-9,12H,3,10-11H2,1-2H3,(H,19,21). The van der Waals surface area contributed by atoms with Crippen molar-refractivity contribution >= 4 is 40.9 Å². The maximum Gasteiger partial charge on any atom is 0.326 e. The zero-order valence-corrected chi connectivity index (χ0v) is 15.4. The molecule has 0 spiro atoms. The number of nitrogens with one attached hydrogen (secondary N) is 1. The van der Waals surface area contributed by atoms with Crippen molar-refractivity contribution in [3.8, 4) is 5.75 Å². The SMILES string of the molecule is CCSCCNC(=O)N1c2ccccc2Sc2ccc(OC)cc21. The normalized spacial score (nSPS) is 12.3. The number of hydrogen-bond donors (Lipinski definition) is 1. The summed E-state index contributed by atoms with van der Waals surface area (Å²) >= 11 is 3.49. The Hall–Kier alpha value is -1.79. The van der Waals surface area contributed by atoms with Gasteiger partial charge in [0.1, 0.15) is 5.75 Å². The highest BCUT2D eigenvalue weighted by atomic mass is 32.2. The first kappa shape index (κ1) is 17.0. The van der Waals surface area contributed by atoms with E-state index < -0.39 is 0 Å². The molecule has 0 saturated heterocycles. The zero-order valence-electron chi connectivity index (χ0n) is 13.7. The summed E-state index contributed by atoms with van der Waals surface area (Å²) in [6, 6.07) is 13.7. The Morgan fingerprint density at radius 3 is 2.79 bits per heavy atom. The molecule has 0 bridgehead atoms. The average molecular weight is 361 g/mol. The number of fused-ring (bicyclic) bond motifs is 2. The lowest BCUT2D eigenvalue weighted by Crippen LogP contribution is -2.39. The van der Waals surface area contributed by atoms with E-state index in [1.807, 2.05) is 54.2 Å². The van der Waals surface area contributed by atoms with Crippen molar-refractivity contribution in [2.45, 2.75) is 16.7 Å². The van der Waals surface area contributed by atoms with Crippen molar-refractivity contribution in [2.75, 3.05) is 30.1 Å². The number of benzene rings is 2. The number of nitrogens with zero attached hydrogens (tertiary/aromatic N) is 1. The van der Waals surface area contributed by atoms with Crippen LogP contribution in [0.5, 0.6) is 5.75 Å². The van der Waals surface area contributed by atoms with Gasteiger partial charge in [-0.15, -0.1) is 0 Å². The van der Waals surface area contributed by atoms with E-state index in [1.54, 1.807) is 23.8 Å². The highest BCUT2D eigenvalue weighted by Crippen LogP contribution is 2.48. The number of para-hydroxylation sites is 1. The molecule has 1 aliphatic heterocycles. The quantitative estimate of drug-likeness (QED) is 0.781. The number of rotatable bonds is 5. The maximum absolute atomic E-state index is 12.8. The highest BCUT2D eigenvalue weighted by Gasteiger charge is 2.28. The van der Waals surface area contributed by atoms with E-state index in [0.717, 1.165) is 38.4 Å². The lowest BCUT2D eigenvalue weighted by Gasteiger charge is -2.31. The molecule has 1 aliphatic rings. The summed E-state index contributed by atoms with van der Waals surface area (Å²) in [5, 5.41) is 3.02. The van der Waals surface area contributed by atoms with E-state index in [9.17, 15) is 4.79 Å². The van der Waals surface area contributed by atoms with Gasteiger partial charge in [-0.3, -0.25) is 4.90 Å². The third-order valence-corrected chi connectivity index (χ3v) is 5.69. The molecule has 1 heterocycles. The highest BCUT2D eigenvalue weighted by molar-refractivity contribution is 7.99. The number of methoxy groups -OCH3 is 1. The minimum Gasteiger partial charge on any atom is -0.497 e. The van der Waals surface area contributed by atoms with E-state index in [4.69, 9.17) is 4.74 Å². The number of carbonyl (C=O) groups is 1. The molecule has 0 aliphatic carbocycles. The van der Waals surface area contributed by atoms with E-state index >= 15 is 0 Å². The van der Waals surface area contributed by atoms with Gasteiger partial charge < -0.3 is 10.1 Å². The Kier molecular flexibility index (Phi) is 5.58. The van der Waals surface area contributed by atoms with Crippen molar-refractivity contribution in [1.82, 2.24) is 5.32 Å². The summed E-state index contributed by atoms with van der Waals surface area (Å²) in [6.45, 7) is 2.77. The molecule has 3 rings (SSSR count). The number of urea groups is 1. The molecule has 0 radical (unpaired) electrons. The van der Waals surface area contributed by atoms with Crippen LogP contribution in [0.4, 0.5) is 16.2 Å². The summed E-state index contributed by atoms with van der Waals surface area (Å²) in [6.07, 6.45) is 0. The van der Waals surface area contributed by atoms with Gasteiger partial charge in [0.25, 0.3) is 0 Å². The van der Waals surface area contributed by atoms with Crippen molar-refractivity contribution in [3.63, 3.8) is 0 Å². The summed E-state index contributed by atoms with van der Waals surface area (Å²) < 4.78 is 5.34. The Morgan fingerprint density at radius 2 is 2.00 bits per heavy atom. The van der Waals surface area contributed by atoms with Crippen molar-refractivity contribution in [1.29, 1.82) is 0 Å². The Labute approximate surface area is 151 Å². The smallest absolute Gasteiger partial charge is 0.326 e. The predicted octanol–water partition coefficient (Wildman–Crippen LogP) is 4.76. The molecule has 6 heteroatoms. The third-order valence-electron chi connectivity index (χ3n) is 3.66. The second-order valence-corrected chi connectivity index (χ2v) is 7.65. The molecule has 0 unspecified atom stereocenters. The number of ether oxygens (including phenoxy) is 1. The number of hydrogen-bond acceptors (Lipinski definition) is 4. The molecule has 0 aromatic heterocycles. The molecule has 0 fully saturated rings. The first-order valence-corrected chi connectivity index (χ1v) is 9.82. The molecule has 2 amide bonds. The van der Waals surface area contributed by atoms with Gasteiger partial charge in [0.15, 0.2) is 0 Å². The summed E-state index contributed by atoms with van der Waals surface area (Å²) in [5.74, 6) is 2.71. The molecular weight excluding hydrogens is 340 g/mol. The Bertz CT molecular complexity index is 737. The molecule has 2 aromatic rings. The second-order valence-electron chi connectivity index (χ2n) is 5.17. The van der Waals surface area contributed by atoms with Gasteiger partial charge in [0, 0.05) is 28.2 Å². The monoisotopic (exact) mass is 360 g/mol. The molecular formula is C18H20N2O2S2. The van der Waals surface area contributed by atoms with Crippen LogP contribution in [-0.4, -0.2) is 31.2 Å². The maximum atomic E-state index is 12.8. The third kappa shape index (κ3) is 3.49. The van der Waals surface area contributed by atoms with Crippen LogP contribution in [0.15, 0.2) is 52.3 Å².